The average molecular weight is 567 g/mol. The predicted molar refractivity (Wildman–Crippen MR) is 137 cm³/mol. The lowest BCUT2D eigenvalue weighted by molar-refractivity contribution is -0.136. The van der Waals surface area contributed by atoms with E-state index in [2.05, 4.69) is 25.3 Å². The third-order valence-corrected chi connectivity index (χ3v) is 9.71. The molecule has 4 aromatic rings. The van der Waals surface area contributed by atoms with Gasteiger partial charge in [0.15, 0.2) is 5.76 Å². The van der Waals surface area contributed by atoms with E-state index in [1.165, 1.54) is 16.6 Å². The van der Waals surface area contributed by atoms with E-state index in [4.69, 9.17) is 4.52 Å². The lowest BCUT2D eigenvalue weighted by Gasteiger charge is -2.35. The van der Waals surface area contributed by atoms with Crippen LogP contribution < -0.4 is 5.32 Å². The highest BCUT2D eigenvalue weighted by Gasteiger charge is 2.34. The largest absolute Gasteiger partial charge is 0.418 e. The van der Waals surface area contributed by atoms with Crippen LogP contribution in [0.1, 0.15) is 18.3 Å². The third kappa shape index (κ3) is 5.39. The van der Waals surface area contributed by atoms with Gasteiger partial charge in [0.1, 0.15) is 15.9 Å². The minimum absolute atomic E-state index is 0.138. The number of para-hydroxylation sites is 1. The number of piperazine rings is 1. The number of aryl methyl sites for hydroxylation is 1. The quantitative estimate of drug-likeness (QED) is 0.349. The van der Waals surface area contributed by atoms with Crippen molar-refractivity contribution < 1.29 is 26.1 Å². The van der Waals surface area contributed by atoms with Crippen molar-refractivity contribution in [1.82, 2.24) is 24.3 Å². The summed E-state index contributed by atoms with van der Waals surface area (Å²) < 4.78 is 73.7. The molecule has 0 spiro atoms. The zero-order valence-electron chi connectivity index (χ0n) is 20.6. The predicted octanol–water partition coefficient (Wildman–Crippen LogP) is 4.48. The Hall–Kier alpha value is -3.07. The summed E-state index contributed by atoms with van der Waals surface area (Å²) in [6.45, 7) is 5.73. The van der Waals surface area contributed by atoms with Crippen LogP contribution in [0.3, 0.4) is 0 Å². The van der Waals surface area contributed by atoms with Crippen LogP contribution in [0.2, 0.25) is 0 Å². The van der Waals surface area contributed by atoms with Crippen LogP contribution in [0.15, 0.2) is 51.3 Å². The Bertz CT molecular complexity index is 1530. The molecule has 1 atom stereocenters. The smallest absolute Gasteiger partial charge is 0.366 e. The van der Waals surface area contributed by atoms with E-state index < -0.39 is 21.8 Å². The van der Waals surface area contributed by atoms with Gasteiger partial charge in [0.05, 0.1) is 22.2 Å². The maximum Gasteiger partial charge on any atom is 0.418 e. The van der Waals surface area contributed by atoms with Gasteiger partial charge in [-0.1, -0.05) is 11.2 Å². The van der Waals surface area contributed by atoms with Crippen LogP contribution in [0.4, 0.5) is 19.0 Å². The molecule has 1 aromatic carbocycles. The molecule has 0 unspecified atom stereocenters. The summed E-state index contributed by atoms with van der Waals surface area (Å²) in [7, 11) is -3.64. The molecule has 1 aliphatic heterocycles. The summed E-state index contributed by atoms with van der Waals surface area (Å²) in [5.41, 5.74) is -0.937. The Morgan fingerprint density at radius 2 is 1.87 bits per heavy atom. The maximum atomic E-state index is 13.5. The average Bonchev–Trinajstić information content (AvgIpc) is 3.56. The normalized spacial score (nSPS) is 16.7. The number of rotatable bonds is 7. The minimum Gasteiger partial charge on any atom is -0.366 e. The molecule has 202 valence electrons. The van der Waals surface area contributed by atoms with Crippen molar-refractivity contribution in [1.29, 1.82) is 0 Å². The SMILES string of the molecule is Cc1nc(N[C@@H](C)CN2CCN(S(=O)(=O)c3ccc(-c4ccno4)s3)CC2)c2cccc(C(F)(F)F)c2n1. The number of alkyl halides is 3. The Morgan fingerprint density at radius 3 is 2.55 bits per heavy atom. The number of anilines is 1. The number of benzene rings is 1. The van der Waals surface area contributed by atoms with Crippen molar-refractivity contribution >= 4 is 38.1 Å². The van der Waals surface area contributed by atoms with E-state index in [0.29, 0.717) is 54.6 Å². The lowest BCUT2D eigenvalue weighted by Crippen LogP contribution is -2.50. The van der Waals surface area contributed by atoms with Crippen LogP contribution in [0.25, 0.3) is 21.5 Å². The molecule has 1 saturated heterocycles. The summed E-state index contributed by atoms with van der Waals surface area (Å²) >= 11 is 1.14. The summed E-state index contributed by atoms with van der Waals surface area (Å²) in [5.74, 6) is 1.10. The fraction of sp³-hybridized carbons (Fsp3) is 0.375. The molecule has 1 N–H and O–H groups in total. The number of fused-ring (bicyclic) bond motifs is 1. The Balaban J connectivity index is 1.23. The maximum absolute atomic E-state index is 13.5. The summed E-state index contributed by atoms with van der Waals surface area (Å²) in [6, 6.07) is 8.74. The van der Waals surface area contributed by atoms with Gasteiger partial charge in [-0.25, -0.2) is 18.4 Å². The molecule has 14 heteroatoms. The van der Waals surface area contributed by atoms with Crippen LogP contribution in [-0.2, 0) is 16.2 Å². The zero-order valence-corrected chi connectivity index (χ0v) is 22.2. The molecule has 0 amide bonds. The highest BCUT2D eigenvalue weighted by Crippen LogP contribution is 2.36. The Labute approximate surface area is 221 Å². The third-order valence-electron chi connectivity index (χ3n) is 6.25. The first-order chi connectivity index (χ1) is 18.0. The summed E-state index contributed by atoms with van der Waals surface area (Å²) in [6.07, 6.45) is -3.02. The zero-order chi connectivity index (χ0) is 27.1. The van der Waals surface area contributed by atoms with Gasteiger partial charge in [0.2, 0.25) is 0 Å². The van der Waals surface area contributed by atoms with Crippen molar-refractivity contribution in [3.63, 3.8) is 0 Å². The molecule has 0 aliphatic carbocycles. The summed E-state index contributed by atoms with van der Waals surface area (Å²) in [4.78, 5) is 11.2. The molecule has 4 heterocycles. The van der Waals surface area contributed by atoms with E-state index in [-0.39, 0.29) is 21.6 Å². The van der Waals surface area contributed by atoms with E-state index in [0.717, 1.165) is 17.4 Å². The second-order valence-electron chi connectivity index (χ2n) is 9.06. The van der Waals surface area contributed by atoms with Gasteiger partial charge in [-0.3, -0.25) is 4.90 Å². The van der Waals surface area contributed by atoms with Crippen LogP contribution >= 0.6 is 11.3 Å². The van der Waals surface area contributed by atoms with Gasteiger partial charge in [0.25, 0.3) is 10.0 Å². The first-order valence-corrected chi connectivity index (χ1v) is 14.1. The molecular formula is C24H25F3N6O3S2. The van der Waals surface area contributed by atoms with Crippen molar-refractivity contribution in [2.75, 3.05) is 38.0 Å². The minimum atomic E-state index is -4.52. The molecule has 5 rings (SSSR count). The number of halogens is 3. The topological polar surface area (TPSA) is 104 Å². The van der Waals surface area contributed by atoms with Gasteiger partial charge in [-0.2, -0.15) is 17.5 Å². The van der Waals surface area contributed by atoms with Crippen molar-refractivity contribution in [3.05, 3.63) is 54.0 Å². The fourth-order valence-electron chi connectivity index (χ4n) is 4.48. The van der Waals surface area contributed by atoms with Crippen molar-refractivity contribution in [2.24, 2.45) is 0 Å². The van der Waals surface area contributed by atoms with Crippen LogP contribution in [0.5, 0.6) is 0 Å². The van der Waals surface area contributed by atoms with Gasteiger partial charge in [-0.05, 0) is 38.1 Å². The summed E-state index contributed by atoms with van der Waals surface area (Å²) in [5, 5.41) is 7.19. The van der Waals surface area contributed by atoms with Crippen molar-refractivity contribution in [2.45, 2.75) is 30.3 Å². The standard InChI is InChI=1S/C24H25F3N6O3S2/c1-15(29-23-17-4-3-5-18(24(25,26)27)22(17)30-16(2)31-23)14-32-10-12-33(13-11-32)38(34,35)21-7-6-20(37-21)19-8-9-28-36-19/h3-9,15H,10-14H2,1-2H3,(H,29,30,31)/t15-/m0/s1. The molecule has 1 fully saturated rings. The molecule has 3 aromatic heterocycles. The highest BCUT2D eigenvalue weighted by molar-refractivity contribution is 7.91. The second-order valence-corrected chi connectivity index (χ2v) is 12.3. The van der Waals surface area contributed by atoms with Gasteiger partial charge in [-0.15, -0.1) is 11.3 Å². The van der Waals surface area contributed by atoms with Gasteiger partial charge >= 0.3 is 6.18 Å². The Morgan fingerprint density at radius 1 is 1.11 bits per heavy atom. The van der Waals surface area contributed by atoms with Gasteiger partial charge in [0, 0.05) is 50.2 Å². The molecule has 1 aliphatic rings. The van der Waals surface area contributed by atoms with Crippen LogP contribution in [-0.4, -0.2) is 71.5 Å². The first kappa shape index (κ1) is 26.5. The second kappa shape index (κ2) is 10.2. The number of hydrogen-bond acceptors (Lipinski definition) is 9. The lowest BCUT2D eigenvalue weighted by atomic mass is 10.1. The fourth-order valence-corrected chi connectivity index (χ4v) is 7.32. The van der Waals surface area contributed by atoms with E-state index >= 15 is 0 Å². The molecule has 0 bridgehead atoms. The number of hydrogen-bond donors (Lipinski definition) is 1. The number of nitrogens with zero attached hydrogens (tertiary/aromatic N) is 5. The van der Waals surface area contributed by atoms with E-state index in [1.807, 2.05) is 6.92 Å². The van der Waals surface area contributed by atoms with Crippen molar-refractivity contribution in [3.8, 4) is 10.6 Å². The number of aromatic nitrogens is 3. The molecule has 9 nitrogen and oxygen atoms in total. The van der Waals surface area contributed by atoms with E-state index in [1.54, 1.807) is 31.2 Å². The first-order valence-electron chi connectivity index (χ1n) is 11.9. The number of nitrogens with one attached hydrogen (secondary N) is 1. The van der Waals surface area contributed by atoms with Crippen LogP contribution in [0, 0.1) is 6.92 Å². The van der Waals surface area contributed by atoms with Gasteiger partial charge < -0.3 is 9.84 Å². The molecular weight excluding hydrogens is 541 g/mol. The number of thiophene rings is 1. The van der Waals surface area contributed by atoms with E-state index in [9.17, 15) is 21.6 Å². The monoisotopic (exact) mass is 566 g/mol. The molecule has 0 saturated carbocycles. The number of sulfonamides is 1. The highest BCUT2D eigenvalue weighted by atomic mass is 32.2. The molecule has 38 heavy (non-hydrogen) atoms. The Kier molecular flexibility index (Phi) is 7.15. The molecule has 0 radical (unpaired) electrons.